The third kappa shape index (κ3) is 7.02. The van der Waals surface area contributed by atoms with Crippen LogP contribution >= 0.6 is 0 Å². The third-order valence-electron chi connectivity index (χ3n) is 5.34. The summed E-state index contributed by atoms with van der Waals surface area (Å²) in [6.45, 7) is 6.53. The van der Waals surface area contributed by atoms with Gasteiger partial charge in [-0.15, -0.1) is 0 Å². The van der Waals surface area contributed by atoms with E-state index in [1.165, 1.54) is 21.1 Å². The van der Waals surface area contributed by atoms with Gasteiger partial charge in [0.25, 0.3) is 5.91 Å². The fourth-order valence-corrected chi connectivity index (χ4v) is 3.68. The van der Waals surface area contributed by atoms with Gasteiger partial charge >= 0.3 is 5.97 Å². The molecule has 10 heteroatoms. The Balaban J connectivity index is 2.12. The summed E-state index contributed by atoms with van der Waals surface area (Å²) in [6.07, 6.45) is -1.15. The zero-order valence-corrected chi connectivity index (χ0v) is 20.5. The largest absolute Gasteiger partial charge is 0.467 e. The molecule has 0 aliphatic heterocycles. The van der Waals surface area contributed by atoms with Crippen LogP contribution < -0.4 is 5.32 Å². The number of nitrogens with zero attached hydrogens (tertiary/aromatic N) is 1. The number of H-pyrrole nitrogens is 1. The summed E-state index contributed by atoms with van der Waals surface area (Å²) >= 11 is 0. The van der Waals surface area contributed by atoms with Crippen molar-refractivity contribution >= 4 is 28.5 Å². The normalized spacial score (nSPS) is 15.9. The number of hydrogen-bond acceptors (Lipinski definition) is 8. The first kappa shape index (κ1) is 27.3. The highest BCUT2D eigenvalue weighted by atomic mass is 16.6. The second-order valence-corrected chi connectivity index (χ2v) is 9.16. The topological polar surface area (TPSA) is 142 Å². The summed E-state index contributed by atoms with van der Waals surface area (Å²) in [6, 6.07) is 6.69. The number of nitrogens with one attached hydrogen (secondary N) is 2. The van der Waals surface area contributed by atoms with Gasteiger partial charge < -0.3 is 34.8 Å². The summed E-state index contributed by atoms with van der Waals surface area (Å²) < 4.78 is 10.3. The number of benzene rings is 1. The number of methoxy groups -OCH3 is 2. The monoisotopic (exact) mass is 477 g/mol. The highest BCUT2D eigenvalue weighted by Crippen LogP contribution is 2.25. The molecule has 34 heavy (non-hydrogen) atoms. The number of carbonyl (C=O) groups excluding carboxylic acids is 2. The number of aliphatic hydroxyl groups excluding tert-OH is 2. The van der Waals surface area contributed by atoms with Crippen LogP contribution in [0, 0.1) is 5.41 Å². The van der Waals surface area contributed by atoms with Crippen molar-refractivity contribution in [2.24, 2.45) is 10.6 Å². The van der Waals surface area contributed by atoms with Gasteiger partial charge in [-0.1, -0.05) is 44.1 Å². The Kier molecular flexibility index (Phi) is 9.60. The van der Waals surface area contributed by atoms with E-state index in [0.29, 0.717) is 0 Å². The van der Waals surface area contributed by atoms with E-state index in [1.807, 2.05) is 45.0 Å². The number of rotatable bonds is 11. The minimum atomic E-state index is -1.35. The summed E-state index contributed by atoms with van der Waals surface area (Å²) in [5.74, 6) is -1.20. The Morgan fingerprint density at radius 1 is 1.18 bits per heavy atom. The first-order valence-electron chi connectivity index (χ1n) is 11.0. The molecule has 0 aliphatic rings. The van der Waals surface area contributed by atoms with Crippen LogP contribution in [-0.4, -0.2) is 78.0 Å². The molecule has 0 radical (unpaired) electrons. The maximum Gasteiger partial charge on any atom is 0.328 e. The van der Waals surface area contributed by atoms with Crippen LogP contribution in [0.3, 0.4) is 0 Å². The number of aromatic nitrogens is 1. The molecule has 0 saturated carbocycles. The molecule has 4 N–H and O–H groups in total. The smallest absolute Gasteiger partial charge is 0.328 e. The fraction of sp³-hybridized carbons (Fsp3) is 0.542. The first-order valence-corrected chi connectivity index (χ1v) is 11.0. The molecule has 2 unspecified atom stereocenters. The zero-order chi connectivity index (χ0) is 25.5. The van der Waals surface area contributed by atoms with Crippen molar-refractivity contribution in [3.05, 3.63) is 36.0 Å². The van der Waals surface area contributed by atoms with Gasteiger partial charge in [-0.05, 0) is 24.0 Å². The molecule has 0 aliphatic carbocycles. The van der Waals surface area contributed by atoms with Gasteiger partial charge in [-0.2, -0.15) is 0 Å². The van der Waals surface area contributed by atoms with E-state index < -0.39 is 48.3 Å². The molecule has 2 aromatic rings. The highest BCUT2D eigenvalue weighted by molar-refractivity contribution is 5.93. The van der Waals surface area contributed by atoms with Crippen LogP contribution in [0.15, 0.2) is 35.6 Å². The lowest BCUT2D eigenvalue weighted by Crippen LogP contribution is -2.46. The molecule has 0 bridgehead atoms. The SMILES string of the molecule is COC(=O)[C@H](Cc1c[nH]c2ccccc12)NC(=O)CO/N=C(\C(O)C(C)O)[C@@H](OC)C(C)(C)C. The molecule has 2 rings (SSSR count). The van der Waals surface area contributed by atoms with Crippen molar-refractivity contribution in [2.45, 2.75) is 58.5 Å². The number of aromatic amines is 1. The molecular weight excluding hydrogens is 442 g/mol. The molecule has 1 aromatic heterocycles. The quantitative estimate of drug-likeness (QED) is 0.218. The van der Waals surface area contributed by atoms with E-state index in [1.54, 1.807) is 6.20 Å². The van der Waals surface area contributed by atoms with Crippen molar-refractivity contribution in [2.75, 3.05) is 20.8 Å². The average Bonchev–Trinajstić information content (AvgIpc) is 3.19. The van der Waals surface area contributed by atoms with Crippen LogP contribution in [0.2, 0.25) is 0 Å². The Morgan fingerprint density at radius 3 is 2.44 bits per heavy atom. The average molecular weight is 478 g/mol. The molecule has 10 nitrogen and oxygen atoms in total. The predicted octanol–water partition coefficient (Wildman–Crippen LogP) is 1.54. The summed E-state index contributed by atoms with van der Waals surface area (Å²) in [5, 5.41) is 27.7. The third-order valence-corrected chi connectivity index (χ3v) is 5.34. The number of amides is 1. The molecule has 0 spiro atoms. The number of fused-ring (bicyclic) bond motifs is 1. The minimum absolute atomic E-state index is 0.0566. The van der Waals surface area contributed by atoms with Crippen molar-refractivity contribution in [1.82, 2.24) is 10.3 Å². The number of para-hydroxylation sites is 1. The van der Waals surface area contributed by atoms with E-state index in [-0.39, 0.29) is 12.1 Å². The number of hydrogen-bond donors (Lipinski definition) is 4. The first-order chi connectivity index (χ1) is 16.0. The highest BCUT2D eigenvalue weighted by Gasteiger charge is 2.36. The van der Waals surface area contributed by atoms with E-state index in [4.69, 9.17) is 14.3 Å². The van der Waals surface area contributed by atoms with Gasteiger partial charge in [0.2, 0.25) is 0 Å². The van der Waals surface area contributed by atoms with Crippen molar-refractivity contribution in [3.63, 3.8) is 0 Å². The second kappa shape index (κ2) is 12.0. The molecule has 1 aromatic carbocycles. The predicted molar refractivity (Wildman–Crippen MR) is 127 cm³/mol. The van der Waals surface area contributed by atoms with Crippen LogP contribution in [0.25, 0.3) is 10.9 Å². The Hall–Kier alpha value is -2.95. The van der Waals surface area contributed by atoms with Gasteiger partial charge in [0.1, 0.15) is 24.0 Å². The number of carbonyl (C=O) groups is 2. The van der Waals surface area contributed by atoms with Gasteiger partial charge in [-0.3, -0.25) is 4.79 Å². The van der Waals surface area contributed by atoms with Crippen LogP contribution in [-0.2, 0) is 30.3 Å². The lowest BCUT2D eigenvalue weighted by molar-refractivity contribution is -0.145. The Labute approximate surface area is 199 Å². The van der Waals surface area contributed by atoms with E-state index >= 15 is 0 Å². The second-order valence-electron chi connectivity index (χ2n) is 9.16. The summed E-state index contributed by atoms with van der Waals surface area (Å²) in [5.41, 5.74) is 1.35. The fourth-order valence-electron chi connectivity index (χ4n) is 3.68. The summed E-state index contributed by atoms with van der Waals surface area (Å²) in [7, 11) is 2.71. The number of ether oxygens (including phenoxy) is 2. The van der Waals surface area contributed by atoms with Crippen LogP contribution in [0.1, 0.15) is 33.3 Å². The number of esters is 1. The number of oxime groups is 1. The van der Waals surface area contributed by atoms with Crippen LogP contribution in [0.5, 0.6) is 0 Å². The lowest BCUT2D eigenvalue weighted by Gasteiger charge is -2.32. The maximum absolute atomic E-state index is 12.5. The van der Waals surface area contributed by atoms with Crippen molar-refractivity contribution in [3.8, 4) is 0 Å². The number of aliphatic hydroxyl groups is 2. The van der Waals surface area contributed by atoms with Gasteiger partial charge in [0.15, 0.2) is 6.61 Å². The van der Waals surface area contributed by atoms with E-state index in [9.17, 15) is 19.8 Å². The van der Waals surface area contributed by atoms with Gasteiger partial charge in [-0.25, -0.2) is 4.79 Å². The Bertz CT molecular complexity index is 994. The van der Waals surface area contributed by atoms with E-state index in [0.717, 1.165) is 16.5 Å². The zero-order valence-electron chi connectivity index (χ0n) is 20.5. The molecule has 1 amide bonds. The molecule has 0 fully saturated rings. The lowest BCUT2D eigenvalue weighted by atomic mass is 9.83. The van der Waals surface area contributed by atoms with Crippen molar-refractivity contribution in [1.29, 1.82) is 0 Å². The summed E-state index contributed by atoms with van der Waals surface area (Å²) in [4.78, 5) is 33.2. The van der Waals surface area contributed by atoms with Crippen LogP contribution in [0.4, 0.5) is 0 Å². The van der Waals surface area contributed by atoms with E-state index in [2.05, 4.69) is 15.5 Å². The van der Waals surface area contributed by atoms with Crippen molar-refractivity contribution < 1.29 is 34.1 Å². The molecular formula is C24H35N3O7. The molecule has 1 heterocycles. The molecule has 4 atom stereocenters. The molecule has 0 saturated heterocycles. The standard InChI is InChI=1S/C24H35N3O7/c1-14(28)21(30)20(22(32-5)24(2,3)4)27-34-13-19(29)26-18(23(31)33-6)11-15-12-25-17-10-8-7-9-16(15)17/h7-10,12,14,18,21-22,25,28,30H,11,13H2,1-6H3,(H,26,29)/b27-20+/t14?,18-,21?,22+/m0/s1. The maximum atomic E-state index is 12.5. The minimum Gasteiger partial charge on any atom is -0.467 e. The Morgan fingerprint density at radius 2 is 1.85 bits per heavy atom. The van der Waals surface area contributed by atoms with Gasteiger partial charge in [0.05, 0.1) is 13.2 Å². The molecule has 188 valence electrons. The van der Waals surface area contributed by atoms with Gasteiger partial charge in [0, 0.05) is 30.6 Å².